The van der Waals surface area contributed by atoms with Crippen molar-refractivity contribution >= 4 is 34.5 Å². The van der Waals surface area contributed by atoms with Gasteiger partial charge in [-0.2, -0.15) is 5.26 Å². The van der Waals surface area contributed by atoms with Crippen molar-refractivity contribution < 1.29 is 4.79 Å². The smallest absolute Gasteiger partial charge is 0.242 e. The van der Waals surface area contributed by atoms with Crippen LogP contribution in [0.4, 0.5) is 5.69 Å². The van der Waals surface area contributed by atoms with Crippen molar-refractivity contribution in [3.8, 4) is 6.07 Å². The Morgan fingerprint density at radius 1 is 1.37 bits per heavy atom. The fourth-order valence-corrected chi connectivity index (χ4v) is 2.54. The predicted octanol–water partition coefficient (Wildman–Crippen LogP) is 3.72. The molecule has 0 radical (unpaired) electrons. The van der Waals surface area contributed by atoms with Gasteiger partial charge in [-0.1, -0.05) is 29.8 Å². The molecule has 0 aliphatic rings. The molecule has 2 rings (SSSR count). The molecule has 1 N–H and O–H groups in total. The number of anilines is 1. The minimum Gasteiger partial charge on any atom is -0.324 e. The molecule has 0 aliphatic carbocycles. The first-order chi connectivity index (χ1) is 9.20. The largest absolute Gasteiger partial charge is 0.324 e. The second-order valence-electron chi connectivity index (χ2n) is 3.93. The molecule has 2 aromatic rings. The van der Waals surface area contributed by atoms with Crippen LogP contribution in [0.3, 0.4) is 0 Å². The maximum Gasteiger partial charge on any atom is 0.242 e. The van der Waals surface area contributed by atoms with E-state index in [1.54, 1.807) is 24.3 Å². The Balaban J connectivity index is 2.06. The number of carbonyl (C=O) groups excluding carboxylic acids is 1. The maximum atomic E-state index is 12.0. The van der Waals surface area contributed by atoms with Crippen LogP contribution in [0.25, 0.3) is 0 Å². The van der Waals surface area contributed by atoms with E-state index in [1.807, 2.05) is 23.6 Å². The molecule has 5 heteroatoms. The van der Waals surface area contributed by atoms with Gasteiger partial charge >= 0.3 is 0 Å². The molecule has 96 valence electrons. The monoisotopic (exact) mass is 290 g/mol. The summed E-state index contributed by atoms with van der Waals surface area (Å²) in [5.41, 5.74) is 0.528. The van der Waals surface area contributed by atoms with Gasteiger partial charge in [0.2, 0.25) is 5.91 Å². The topological polar surface area (TPSA) is 52.9 Å². The molecular formula is C14H11ClN2OS. The Kier molecular flexibility index (Phi) is 4.56. The van der Waals surface area contributed by atoms with E-state index in [2.05, 4.69) is 5.32 Å². The highest BCUT2D eigenvalue weighted by molar-refractivity contribution is 7.09. The van der Waals surface area contributed by atoms with Crippen molar-refractivity contribution in [2.45, 2.75) is 6.42 Å². The molecule has 1 aromatic heterocycles. The number of nitrogens with one attached hydrogen (secondary N) is 1. The molecule has 0 aliphatic heterocycles. The van der Waals surface area contributed by atoms with Crippen molar-refractivity contribution in [1.82, 2.24) is 0 Å². The molecule has 0 fully saturated rings. The summed E-state index contributed by atoms with van der Waals surface area (Å²) in [5, 5.41) is 14.2. The Morgan fingerprint density at radius 3 is 2.79 bits per heavy atom. The summed E-state index contributed by atoms with van der Waals surface area (Å²) in [6.07, 6.45) is 0.421. The van der Waals surface area contributed by atoms with Crippen LogP contribution in [0.1, 0.15) is 4.88 Å². The van der Waals surface area contributed by atoms with E-state index in [1.165, 1.54) is 11.3 Å². The van der Waals surface area contributed by atoms with Gasteiger partial charge in [0.05, 0.1) is 16.8 Å². The average molecular weight is 291 g/mol. The van der Waals surface area contributed by atoms with Gasteiger partial charge in [0.25, 0.3) is 0 Å². The van der Waals surface area contributed by atoms with Crippen molar-refractivity contribution in [3.63, 3.8) is 0 Å². The lowest BCUT2D eigenvalue weighted by Crippen LogP contribution is -2.23. The van der Waals surface area contributed by atoms with Gasteiger partial charge in [-0.15, -0.1) is 11.3 Å². The number of nitrogens with zero attached hydrogens (tertiary/aromatic N) is 1. The number of para-hydroxylation sites is 1. The summed E-state index contributed by atoms with van der Waals surface area (Å²) in [7, 11) is 0. The minimum absolute atomic E-state index is 0.330. The molecule has 0 unspecified atom stereocenters. The third kappa shape index (κ3) is 3.57. The number of nitriles is 1. The molecule has 19 heavy (non-hydrogen) atoms. The van der Waals surface area contributed by atoms with Gasteiger partial charge in [-0.25, -0.2) is 0 Å². The fraction of sp³-hybridized carbons (Fsp3) is 0.143. The Hall–Kier alpha value is -1.83. The lowest BCUT2D eigenvalue weighted by Gasteiger charge is -2.10. The number of carbonyl (C=O) groups is 1. The Morgan fingerprint density at radius 2 is 2.16 bits per heavy atom. The molecule has 0 bridgehead atoms. The van der Waals surface area contributed by atoms with E-state index in [4.69, 9.17) is 16.9 Å². The van der Waals surface area contributed by atoms with E-state index in [0.717, 1.165) is 4.88 Å². The first-order valence-electron chi connectivity index (χ1n) is 5.68. The number of thiophene rings is 1. The van der Waals surface area contributed by atoms with Crippen LogP contribution in [-0.2, 0) is 11.2 Å². The molecule has 0 spiro atoms. The highest BCUT2D eigenvalue weighted by Gasteiger charge is 2.19. The molecule has 3 nitrogen and oxygen atoms in total. The van der Waals surface area contributed by atoms with E-state index in [0.29, 0.717) is 17.1 Å². The highest BCUT2D eigenvalue weighted by atomic mass is 35.5. The fourth-order valence-electron chi connectivity index (χ4n) is 1.61. The maximum absolute atomic E-state index is 12.0. The summed E-state index contributed by atoms with van der Waals surface area (Å²) >= 11 is 7.50. The quantitative estimate of drug-likeness (QED) is 0.933. The summed E-state index contributed by atoms with van der Waals surface area (Å²) in [5.74, 6) is -1.04. The predicted molar refractivity (Wildman–Crippen MR) is 77.2 cm³/mol. The molecule has 1 amide bonds. The van der Waals surface area contributed by atoms with Gasteiger partial charge in [0, 0.05) is 11.3 Å². The van der Waals surface area contributed by atoms with E-state index in [-0.39, 0.29) is 5.91 Å². The van der Waals surface area contributed by atoms with Gasteiger partial charge in [-0.3, -0.25) is 4.79 Å². The number of hydrogen-bond donors (Lipinski definition) is 1. The summed E-state index contributed by atoms with van der Waals surface area (Å²) in [6.45, 7) is 0. The summed E-state index contributed by atoms with van der Waals surface area (Å²) < 4.78 is 0. The van der Waals surface area contributed by atoms with Crippen LogP contribution in [0, 0.1) is 17.2 Å². The standard InChI is InChI=1S/C14H11ClN2OS/c15-12-5-1-2-6-13(12)17-14(18)10(9-16)8-11-4-3-7-19-11/h1-7,10H,8H2,(H,17,18)/t10-/m0/s1. The van der Waals surface area contributed by atoms with Gasteiger partial charge in [0.1, 0.15) is 5.92 Å². The molecule has 0 saturated carbocycles. The SMILES string of the molecule is N#C[C@H](Cc1cccs1)C(=O)Nc1ccccc1Cl. The molecular weight excluding hydrogens is 280 g/mol. The lowest BCUT2D eigenvalue weighted by atomic mass is 10.1. The van der Waals surface area contributed by atoms with Gasteiger partial charge < -0.3 is 5.32 Å². The average Bonchev–Trinajstić information content (AvgIpc) is 2.91. The second kappa shape index (κ2) is 6.37. The highest BCUT2D eigenvalue weighted by Crippen LogP contribution is 2.22. The number of amides is 1. The van der Waals surface area contributed by atoms with Crippen LogP contribution in [-0.4, -0.2) is 5.91 Å². The molecule has 1 aromatic carbocycles. The molecule has 1 heterocycles. The first kappa shape index (κ1) is 13.6. The third-order valence-electron chi connectivity index (χ3n) is 2.59. The van der Waals surface area contributed by atoms with Crippen molar-refractivity contribution in [3.05, 3.63) is 51.7 Å². The number of hydrogen-bond acceptors (Lipinski definition) is 3. The van der Waals surface area contributed by atoms with E-state index in [9.17, 15) is 4.79 Å². The zero-order valence-electron chi connectivity index (χ0n) is 9.97. The van der Waals surface area contributed by atoms with E-state index < -0.39 is 5.92 Å². The second-order valence-corrected chi connectivity index (χ2v) is 5.37. The van der Waals surface area contributed by atoms with Crippen LogP contribution < -0.4 is 5.32 Å². The van der Waals surface area contributed by atoms with Crippen LogP contribution in [0.2, 0.25) is 5.02 Å². The minimum atomic E-state index is -0.713. The number of rotatable bonds is 4. The van der Waals surface area contributed by atoms with Crippen LogP contribution in [0.15, 0.2) is 41.8 Å². The van der Waals surface area contributed by atoms with Gasteiger partial charge in [0.15, 0.2) is 0 Å². The first-order valence-corrected chi connectivity index (χ1v) is 6.94. The Bertz CT molecular complexity index is 604. The van der Waals surface area contributed by atoms with Gasteiger partial charge in [-0.05, 0) is 23.6 Å². The summed E-state index contributed by atoms with van der Waals surface area (Å²) in [4.78, 5) is 13.0. The molecule has 1 atom stereocenters. The Labute approximate surface area is 120 Å². The zero-order chi connectivity index (χ0) is 13.7. The number of benzene rings is 1. The van der Waals surface area contributed by atoms with Crippen LogP contribution >= 0.6 is 22.9 Å². The summed E-state index contributed by atoms with van der Waals surface area (Å²) in [6, 6.07) is 12.8. The van der Waals surface area contributed by atoms with E-state index >= 15 is 0 Å². The van der Waals surface area contributed by atoms with Crippen molar-refractivity contribution in [2.24, 2.45) is 5.92 Å². The third-order valence-corrected chi connectivity index (χ3v) is 3.82. The van der Waals surface area contributed by atoms with Crippen molar-refractivity contribution in [1.29, 1.82) is 5.26 Å². The lowest BCUT2D eigenvalue weighted by molar-refractivity contribution is -0.118. The number of halogens is 1. The molecule has 0 saturated heterocycles. The normalized spacial score (nSPS) is 11.6. The zero-order valence-corrected chi connectivity index (χ0v) is 11.5. The van der Waals surface area contributed by atoms with Crippen molar-refractivity contribution in [2.75, 3.05) is 5.32 Å². The van der Waals surface area contributed by atoms with Crippen LogP contribution in [0.5, 0.6) is 0 Å².